The lowest BCUT2D eigenvalue weighted by molar-refractivity contribution is -0.136. The fourth-order valence-corrected chi connectivity index (χ4v) is 5.59. The van der Waals surface area contributed by atoms with E-state index >= 15 is 0 Å². The standard InChI is InChI=1S/C32H29FN2O6S/c1-4-39-26-15-14-21(16-27(26)40-5-2)29-23(31(37)38-3)18-34-32-35(29)30(36)28(42-32)17-20-10-7-9-13-25(20)41-19-22-11-6-8-12-24(22)33/h6-18,29H,4-5,19H2,1-3H3/b28-17-/t29-/m0/s1. The number of hydrogen-bond donors (Lipinski definition) is 0. The molecule has 4 aromatic rings. The van der Waals surface area contributed by atoms with Crippen LogP contribution in [0.2, 0.25) is 0 Å². The highest BCUT2D eigenvalue weighted by molar-refractivity contribution is 7.07. The van der Waals surface area contributed by atoms with E-state index in [0.717, 1.165) is 0 Å². The van der Waals surface area contributed by atoms with Crippen LogP contribution < -0.4 is 29.1 Å². The zero-order chi connectivity index (χ0) is 29.6. The summed E-state index contributed by atoms with van der Waals surface area (Å²) in [4.78, 5) is 31.6. The number of aromatic nitrogens is 1. The van der Waals surface area contributed by atoms with Gasteiger partial charge in [0.2, 0.25) is 0 Å². The van der Waals surface area contributed by atoms with Crippen molar-refractivity contribution in [3.8, 4) is 17.2 Å². The van der Waals surface area contributed by atoms with E-state index in [9.17, 15) is 14.0 Å². The van der Waals surface area contributed by atoms with Crippen LogP contribution >= 0.6 is 11.3 Å². The van der Waals surface area contributed by atoms with Gasteiger partial charge in [0.15, 0.2) is 16.3 Å². The number of nitrogens with zero attached hydrogens (tertiary/aromatic N) is 2. The second kappa shape index (κ2) is 12.9. The molecule has 0 N–H and O–H groups in total. The van der Waals surface area contributed by atoms with Crippen LogP contribution in [0.1, 0.15) is 36.6 Å². The summed E-state index contributed by atoms with van der Waals surface area (Å²) in [7, 11) is 1.29. The van der Waals surface area contributed by atoms with Crippen LogP contribution in [0.4, 0.5) is 4.39 Å². The maximum Gasteiger partial charge on any atom is 0.337 e. The third-order valence-corrected chi connectivity index (χ3v) is 7.55. The van der Waals surface area contributed by atoms with Gasteiger partial charge in [-0.1, -0.05) is 53.8 Å². The highest BCUT2D eigenvalue weighted by atomic mass is 32.1. The molecule has 1 aliphatic rings. The van der Waals surface area contributed by atoms with E-state index in [0.29, 0.717) is 56.5 Å². The van der Waals surface area contributed by atoms with Crippen molar-refractivity contribution in [2.24, 2.45) is 4.99 Å². The highest BCUT2D eigenvalue weighted by Crippen LogP contribution is 2.35. The Labute approximate surface area is 245 Å². The summed E-state index contributed by atoms with van der Waals surface area (Å²) in [5.74, 6) is 0.599. The highest BCUT2D eigenvalue weighted by Gasteiger charge is 2.31. The van der Waals surface area contributed by atoms with Crippen molar-refractivity contribution in [3.05, 3.63) is 121 Å². The number of ether oxygens (including phenoxy) is 4. The fourth-order valence-electron chi connectivity index (χ4n) is 4.63. The first-order valence-corrected chi connectivity index (χ1v) is 14.2. The second-order valence-electron chi connectivity index (χ2n) is 9.17. The predicted molar refractivity (Wildman–Crippen MR) is 157 cm³/mol. The summed E-state index contributed by atoms with van der Waals surface area (Å²) >= 11 is 1.19. The van der Waals surface area contributed by atoms with E-state index in [1.54, 1.807) is 54.6 Å². The topological polar surface area (TPSA) is 88.4 Å². The fraction of sp³-hybridized carbons (Fsp3) is 0.219. The molecule has 1 aromatic heterocycles. The Kier molecular flexibility index (Phi) is 8.83. The molecular formula is C32H29FN2O6S. The number of hydrogen-bond acceptors (Lipinski definition) is 8. The van der Waals surface area contributed by atoms with Gasteiger partial charge in [0.05, 0.1) is 36.5 Å². The van der Waals surface area contributed by atoms with Gasteiger partial charge in [0.1, 0.15) is 18.2 Å². The van der Waals surface area contributed by atoms with E-state index in [2.05, 4.69) is 4.99 Å². The Bertz CT molecular complexity index is 1830. The zero-order valence-electron chi connectivity index (χ0n) is 23.3. The van der Waals surface area contributed by atoms with Crippen LogP contribution in [-0.2, 0) is 16.1 Å². The normalized spacial score (nSPS) is 14.4. The molecule has 0 radical (unpaired) electrons. The Hall–Kier alpha value is -4.70. The Morgan fingerprint density at radius 2 is 1.71 bits per heavy atom. The quantitative estimate of drug-likeness (QED) is 0.253. The van der Waals surface area contributed by atoms with Crippen LogP contribution in [0.3, 0.4) is 0 Å². The number of benzene rings is 3. The molecule has 216 valence electrons. The molecule has 0 spiro atoms. The molecule has 1 aliphatic heterocycles. The van der Waals surface area contributed by atoms with Crippen molar-refractivity contribution in [2.75, 3.05) is 20.3 Å². The zero-order valence-corrected chi connectivity index (χ0v) is 24.2. The predicted octanol–water partition coefficient (Wildman–Crippen LogP) is 4.53. The molecule has 10 heteroatoms. The minimum absolute atomic E-state index is 0.0289. The van der Waals surface area contributed by atoms with Gasteiger partial charge in [0, 0.05) is 17.3 Å². The summed E-state index contributed by atoms with van der Waals surface area (Å²) in [6.07, 6.45) is 3.15. The summed E-state index contributed by atoms with van der Waals surface area (Å²) in [5, 5.41) is 0. The molecule has 5 rings (SSSR count). The Balaban J connectivity index is 1.59. The lowest BCUT2D eigenvalue weighted by Gasteiger charge is -2.23. The smallest absolute Gasteiger partial charge is 0.337 e. The molecule has 3 aromatic carbocycles. The van der Waals surface area contributed by atoms with Crippen LogP contribution in [0.25, 0.3) is 6.08 Å². The Morgan fingerprint density at radius 3 is 2.48 bits per heavy atom. The second-order valence-corrected chi connectivity index (χ2v) is 10.2. The van der Waals surface area contributed by atoms with Crippen molar-refractivity contribution in [2.45, 2.75) is 26.5 Å². The molecule has 1 atom stereocenters. The molecule has 0 amide bonds. The van der Waals surface area contributed by atoms with Crippen LogP contribution in [-0.4, -0.2) is 30.9 Å². The molecule has 0 unspecified atom stereocenters. The lowest BCUT2D eigenvalue weighted by Crippen LogP contribution is -2.39. The van der Waals surface area contributed by atoms with Gasteiger partial charge < -0.3 is 18.9 Å². The third kappa shape index (κ3) is 5.84. The number of thiazole rings is 1. The van der Waals surface area contributed by atoms with Gasteiger partial charge >= 0.3 is 5.97 Å². The van der Waals surface area contributed by atoms with E-state index in [1.165, 1.54) is 35.3 Å². The van der Waals surface area contributed by atoms with E-state index in [1.807, 2.05) is 26.0 Å². The van der Waals surface area contributed by atoms with Crippen LogP contribution in [0.5, 0.6) is 17.2 Å². The van der Waals surface area contributed by atoms with Gasteiger partial charge in [-0.2, -0.15) is 0 Å². The number of esters is 1. The number of halogens is 1. The molecule has 0 aliphatic carbocycles. The molecule has 0 saturated heterocycles. The van der Waals surface area contributed by atoms with Crippen molar-refractivity contribution >= 4 is 23.4 Å². The number of rotatable bonds is 10. The largest absolute Gasteiger partial charge is 0.490 e. The van der Waals surface area contributed by atoms with Crippen molar-refractivity contribution < 1.29 is 28.1 Å². The van der Waals surface area contributed by atoms with Crippen molar-refractivity contribution in [3.63, 3.8) is 0 Å². The molecular weight excluding hydrogens is 559 g/mol. The Morgan fingerprint density at radius 1 is 0.976 bits per heavy atom. The summed E-state index contributed by atoms with van der Waals surface area (Å²) < 4.78 is 38.5. The van der Waals surface area contributed by atoms with E-state index < -0.39 is 12.0 Å². The molecule has 0 bridgehead atoms. The first kappa shape index (κ1) is 28.8. The minimum atomic E-state index is -0.807. The first-order chi connectivity index (χ1) is 20.4. The molecule has 0 fully saturated rings. The van der Waals surface area contributed by atoms with Crippen molar-refractivity contribution in [1.82, 2.24) is 4.57 Å². The summed E-state index contributed by atoms with van der Waals surface area (Å²) in [5.41, 5.74) is 1.56. The number of para-hydroxylation sites is 1. The monoisotopic (exact) mass is 588 g/mol. The maximum absolute atomic E-state index is 14.1. The molecule has 42 heavy (non-hydrogen) atoms. The van der Waals surface area contributed by atoms with Gasteiger partial charge in [-0.25, -0.2) is 14.2 Å². The van der Waals surface area contributed by atoms with E-state index in [4.69, 9.17) is 18.9 Å². The van der Waals surface area contributed by atoms with Gasteiger partial charge in [-0.05, 0) is 49.8 Å². The van der Waals surface area contributed by atoms with Gasteiger partial charge in [-0.15, -0.1) is 0 Å². The number of carbonyl (C=O) groups is 1. The first-order valence-electron chi connectivity index (χ1n) is 13.4. The lowest BCUT2D eigenvalue weighted by atomic mass is 9.97. The average Bonchev–Trinajstić information content (AvgIpc) is 3.32. The number of fused-ring (bicyclic) bond motifs is 1. The minimum Gasteiger partial charge on any atom is -0.490 e. The molecule has 2 heterocycles. The third-order valence-electron chi connectivity index (χ3n) is 6.55. The average molecular weight is 589 g/mol. The van der Waals surface area contributed by atoms with Crippen LogP contribution in [0.15, 0.2) is 88.3 Å². The van der Waals surface area contributed by atoms with E-state index in [-0.39, 0.29) is 23.6 Å². The summed E-state index contributed by atoms with van der Waals surface area (Å²) in [6, 6.07) is 18.1. The number of carbonyl (C=O) groups excluding carboxylic acids is 1. The summed E-state index contributed by atoms with van der Waals surface area (Å²) in [6.45, 7) is 4.63. The van der Waals surface area contributed by atoms with Crippen molar-refractivity contribution in [1.29, 1.82) is 0 Å². The van der Waals surface area contributed by atoms with Crippen LogP contribution in [0, 0.1) is 5.82 Å². The number of methoxy groups -OCH3 is 1. The molecule has 8 nitrogen and oxygen atoms in total. The maximum atomic E-state index is 14.1. The SMILES string of the molecule is CCOc1ccc([C@H]2C(C(=O)OC)=CN=c3s/c(=C\c4ccccc4OCc4ccccc4F)c(=O)n32)cc1OCC. The van der Waals surface area contributed by atoms with Gasteiger partial charge in [-0.3, -0.25) is 9.36 Å². The van der Waals surface area contributed by atoms with Gasteiger partial charge in [0.25, 0.3) is 5.56 Å². The molecule has 0 saturated carbocycles.